The molecule has 1 aliphatic rings. The quantitative estimate of drug-likeness (QED) is 0.865. The number of hydrogen-bond acceptors (Lipinski definition) is 5. The zero-order chi connectivity index (χ0) is 14.2. The van der Waals surface area contributed by atoms with Gasteiger partial charge in [-0.1, -0.05) is 6.08 Å². The molecule has 3 rings (SSSR count). The summed E-state index contributed by atoms with van der Waals surface area (Å²) in [6, 6.07) is 5.96. The van der Waals surface area contributed by atoms with Crippen LogP contribution in [0.25, 0.3) is 10.2 Å². The lowest BCUT2D eigenvalue weighted by molar-refractivity contribution is 0.415. The standard InChI is InChI=1S/C15H16N2OS2/c1-15(19-3)7-6-12(16-9-15)14-17-11-5-4-10(18-2)8-13(11)20-14/h4-8H,9H2,1-3H3. The molecule has 0 radical (unpaired) electrons. The van der Waals surface area contributed by atoms with Crippen molar-refractivity contribution in [2.45, 2.75) is 11.7 Å². The summed E-state index contributed by atoms with van der Waals surface area (Å²) < 4.78 is 6.50. The summed E-state index contributed by atoms with van der Waals surface area (Å²) in [5, 5.41) is 0.979. The highest BCUT2D eigenvalue weighted by Gasteiger charge is 2.23. The van der Waals surface area contributed by atoms with Crippen molar-refractivity contribution in [1.29, 1.82) is 0 Å². The molecular formula is C15H16N2OS2. The maximum Gasteiger partial charge on any atom is 0.142 e. The maximum atomic E-state index is 5.25. The van der Waals surface area contributed by atoms with Gasteiger partial charge in [-0.25, -0.2) is 4.98 Å². The minimum atomic E-state index is 0.114. The van der Waals surface area contributed by atoms with E-state index in [1.54, 1.807) is 18.4 Å². The van der Waals surface area contributed by atoms with E-state index in [-0.39, 0.29) is 4.75 Å². The van der Waals surface area contributed by atoms with Crippen LogP contribution in [-0.4, -0.2) is 35.4 Å². The van der Waals surface area contributed by atoms with Crippen LogP contribution in [0.1, 0.15) is 11.9 Å². The Kier molecular flexibility index (Phi) is 3.56. The first-order valence-corrected chi connectivity index (χ1v) is 8.41. The Morgan fingerprint density at radius 3 is 2.90 bits per heavy atom. The number of aromatic nitrogens is 1. The monoisotopic (exact) mass is 304 g/mol. The number of dihydropyridines is 1. The second-order valence-corrected chi connectivity index (χ2v) is 7.28. The highest BCUT2D eigenvalue weighted by molar-refractivity contribution is 8.00. The average molecular weight is 304 g/mol. The third kappa shape index (κ3) is 2.47. The van der Waals surface area contributed by atoms with Crippen LogP contribution in [0.3, 0.4) is 0 Å². The fourth-order valence-electron chi connectivity index (χ4n) is 2.02. The predicted molar refractivity (Wildman–Crippen MR) is 88.6 cm³/mol. The summed E-state index contributed by atoms with van der Waals surface area (Å²) >= 11 is 3.49. The first-order chi connectivity index (χ1) is 9.63. The Morgan fingerprint density at radius 2 is 2.25 bits per heavy atom. The molecule has 0 saturated heterocycles. The van der Waals surface area contributed by atoms with Crippen LogP contribution in [0.4, 0.5) is 0 Å². The molecule has 5 heteroatoms. The molecule has 0 N–H and O–H groups in total. The summed E-state index contributed by atoms with van der Waals surface area (Å²) in [7, 11) is 1.68. The minimum absolute atomic E-state index is 0.114. The van der Waals surface area contributed by atoms with Crippen molar-refractivity contribution in [3.05, 3.63) is 35.4 Å². The number of thioether (sulfide) groups is 1. The van der Waals surface area contributed by atoms with Gasteiger partial charge in [-0.15, -0.1) is 11.3 Å². The molecule has 0 fully saturated rings. The zero-order valence-electron chi connectivity index (χ0n) is 11.7. The predicted octanol–water partition coefficient (Wildman–Crippen LogP) is 3.79. The summed E-state index contributed by atoms with van der Waals surface area (Å²) in [6.45, 7) is 3.01. The Labute approximate surface area is 126 Å². The van der Waals surface area contributed by atoms with Crippen molar-refractivity contribution in [1.82, 2.24) is 4.98 Å². The number of fused-ring (bicyclic) bond motifs is 1. The fraction of sp³-hybridized carbons (Fsp3) is 0.333. The van der Waals surface area contributed by atoms with Crippen molar-refractivity contribution >= 4 is 39.0 Å². The Bertz CT molecular complexity index is 705. The molecule has 0 aliphatic carbocycles. The fourth-order valence-corrected chi connectivity index (χ4v) is 3.40. The second-order valence-electron chi connectivity index (χ2n) is 4.90. The number of nitrogens with zero attached hydrogens (tertiary/aromatic N) is 2. The third-order valence-electron chi connectivity index (χ3n) is 3.44. The topological polar surface area (TPSA) is 34.5 Å². The van der Waals surface area contributed by atoms with Gasteiger partial charge in [0.15, 0.2) is 0 Å². The van der Waals surface area contributed by atoms with Gasteiger partial charge in [0, 0.05) is 0 Å². The highest BCUT2D eigenvalue weighted by Crippen LogP contribution is 2.30. The van der Waals surface area contributed by atoms with Crippen molar-refractivity contribution in [3.8, 4) is 5.75 Å². The number of hydrogen-bond donors (Lipinski definition) is 0. The van der Waals surface area contributed by atoms with Gasteiger partial charge < -0.3 is 4.74 Å². The van der Waals surface area contributed by atoms with Gasteiger partial charge in [-0.05, 0) is 37.5 Å². The van der Waals surface area contributed by atoms with Gasteiger partial charge in [-0.3, -0.25) is 4.99 Å². The number of ether oxygens (including phenoxy) is 1. The molecule has 0 saturated carbocycles. The van der Waals surface area contributed by atoms with Crippen LogP contribution in [0.5, 0.6) is 5.75 Å². The Balaban J connectivity index is 1.94. The van der Waals surface area contributed by atoms with Crippen LogP contribution in [0.15, 0.2) is 35.3 Å². The van der Waals surface area contributed by atoms with Crippen molar-refractivity contribution < 1.29 is 4.74 Å². The molecule has 1 unspecified atom stereocenters. The van der Waals surface area contributed by atoms with Gasteiger partial charge in [0.25, 0.3) is 0 Å². The van der Waals surface area contributed by atoms with E-state index in [1.165, 1.54) is 0 Å². The van der Waals surface area contributed by atoms with Crippen molar-refractivity contribution in [2.24, 2.45) is 4.99 Å². The first kappa shape index (κ1) is 13.6. The number of aliphatic imine (C=N–C) groups is 1. The summed E-state index contributed by atoms with van der Waals surface area (Å²) in [6.07, 6.45) is 6.44. The van der Waals surface area contributed by atoms with Crippen LogP contribution in [0.2, 0.25) is 0 Å². The molecule has 0 bridgehead atoms. The summed E-state index contributed by atoms with van der Waals surface area (Å²) in [4.78, 5) is 9.35. The maximum absolute atomic E-state index is 5.25. The molecule has 0 amide bonds. The molecule has 104 valence electrons. The molecule has 1 aromatic carbocycles. The van der Waals surface area contributed by atoms with Crippen LogP contribution >= 0.6 is 23.1 Å². The molecular weight excluding hydrogens is 288 g/mol. The van der Waals surface area contributed by atoms with E-state index in [2.05, 4.69) is 35.3 Å². The Morgan fingerprint density at radius 1 is 1.40 bits per heavy atom. The Hall–Kier alpha value is -1.33. The lowest BCUT2D eigenvalue weighted by Gasteiger charge is -2.24. The molecule has 20 heavy (non-hydrogen) atoms. The summed E-state index contributed by atoms with van der Waals surface area (Å²) in [5.74, 6) is 0.865. The number of methoxy groups -OCH3 is 1. The largest absolute Gasteiger partial charge is 0.497 e. The molecule has 3 nitrogen and oxygen atoms in total. The third-order valence-corrected chi connectivity index (χ3v) is 5.68. The van der Waals surface area contributed by atoms with E-state index in [0.717, 1.165) is 33.2 Å². The van der Waals surface area contributed by atoms with Gasteiger partial charge >= 0.3 is 0 Å². The first-order valence-electron chi connectivity index (χ1n) is 6.37. The van der Waals surface area contributed by atoms with Crippen molar-refractivity contribution in [2.75, 3.05) is 19.9 Å². The van der Waals surface area contributed by atoms with E-state index in [9.17, 15) is 0 Å². The van der Waals surface area contributed by atoms with Gasteiger partial charge in [-0.2, -0.15) is 11.8 Å². The van der Waals surface area contributed by atoms with Gasteiger partial charge in [0.05, 0.1) is 34.3 Å². The molecule has 0 spiro atoms. The van der Waals surface area contributed by atoms with E-state index in [4.69, 9.17) is 4.74 Å². The number of rotatable bonds is 3. The van der Waals surface area contributed by atoms with Crippen LogP contribution in [0, 0.1) is 0 Å². The van der Waals surface area contributed by atoms with Gasteiger partial charge in [0.1, 0.15) is 10.8 Å². The molecule has 2 heterocycles. The SMILES string of the molecule is COc1ccc2nc(C3=NCC(C)(SC)C=C3)sc2c1. The summed E-state index contributed by atoms with van der Waals surface area (Å²) in [5.41, 5.74) is 1.98. The van der Waals surface area contributed by atoms with E-state index in [1.807, 2.05) is 30.0 Å². The smallest absolute Gasteiger partial charge is 0.142 e. The number of allylic oxidation sites excluding steroid dienone is 1. The minimum Gasteiger partial charge on any atom is -0.497 e. The lowest BCUT2D eigenvalue weighted by Crippen LogP contribution is -2.25. The lowest BCUT2D eigenvalue weighted by atomic mass is 10.1. The normalized spacial score (nSPS) is 22.1. The van der Waals surface area contributed by atoms with Crippen molar-refractivity contribution in [3.63, 3.8) is 0 Å². The van der Waals surface area contributed by atoms with E-state index < -0.39 is 0 Å². The second kappa shape index (κ2) is 5.22. The highest BCUT2D eigenvalue weighted by atomic mass is 32.2. The molecule has 2 aromatic rings. The zero-order valence-corrected chi connectivity index (χ0v) is 13.3. The van der Waals surface area contributed by atoms with Crippen LogP contribution < -0.4 is 4.74 Å². The number of benzene rings is 1. The molecule has 1 atom stereocenters. The molecule has 1 aliphatic heterocycles. The van der Waals surface area contributed by atoms with E-state index in [0.29, 0.717) is 0 Å². The van der Waals surface area contributed by atoms with Crippen LogP contribution in [-0.2, 0) is 0 Å². The number of thiazole rings is 1. The average Bonchev–Trinajstić information content (AvgIpc) is 2.90. The van der Waals surface area contributed by atoms with E-state index >= 15 is 0 Å². The van der Waals surface area contributed by atoms with Gasteiger partial charge in [0.2, 0.25) is 0 Å². The molecule has 1 aromatic heterocycles.